The third kappa shape index (κ3) is 2.09. The van der Waals surface area contributed by atoms with E-state index in [9.17, 15) is 9.90 Å². The van der Waals surface area contributed by atoms with E-state index >= 15 is 0 Å². The van der Waals surface area contributed by atoms with E-state index in [2.05, 4.69) is 24.3 Å². The summed E-state index contributed by atoms with van der Waals surface area (Å²) in [7, 11) is 3.04. The first kappa shape index (κ1) is 16.1. The first-order chi connectivity index (χ1) is 11.5. The largest absolute Gasteiger partial charge is 0.469 e. The zero-order chi connectivity index (χ0) is 17.0. The molecule has 1 N–H and O–H groups in total. The molecule has 1 aromatic carbocycles. The molecule has 5 unspecified atom stereocenters. The lowest BCUT2D eigenvalue weighted by atomic mass is 9.38. The fraction of sp³-hybridized carbons (Fsp3) is 0.650. The number of carbonyl (C=O) groups is 1. The Kier molecular flexibility index (Phi) is 3.56. The second kappa shape index (κ2) is 5.30. The van der Waals surface area contributed by atoms with E-state index in [0.29, 0.717) is 12.3 Å². The summed E-state index contributed by atoms with van der Waals surface area (Å²) in [6.45, 7) is 0. The lowest BCUT2D eigenvalue weighted by Crippen LogP contribution is -2.64. The first-order valence-electron chi connectivity index (χ1n) is 8.82. The molecule has 4 aliphatic rings. The van der Waals surface area contributed by atoms with E-state index in [0.717, 1.165) is 32.1 Å². The number of methoxy groups -OCH3 is 2. The minimum absolute atomic E-state index is 0.0611. The average Bonchev–Trinajstić information content (AvgIpc) is 2.60. The van der Waals surface area contributed by atoms with Crippen LogP contribution in [-0.4, -0.2) is 31.6 Å². The molecule has 0 amide bonds. The van der Waals surface area contributed by atoms with Gasteiger partial charge < -0.3 is 14.6 Å². The maximum Gasteiger partial charge on any atom is 0.311 e. The van der Waals surface area contributed by atoms with Crippen molar-refractivity contribution in [3.05, 3.63) is 35.9 Å². The Morgan fingerprint density at radius 3 is 2.54 bits per heavy atom. The van der Waals surface area contributed by atoms with Crippen LogP contribution < -0.4 is 0 Å². The van der Waals surface area contributed by atoms with E-state index in [1.165, 1.54) is 12.7 Å². The van der Waals surface area contributed by atoms with Crippen LogP contribution in [-0.2, 0) is 19.7 Å². The molecule has 24 heavy (non-hydrogen) atoms. The second-order valence-corrected chi connectivity index (χ2v) is 8.38. The number of rotatable bonds is 4. The summed E-state index contributed by atoms with van der Waals surface area (Å²) in [5, 5.41) is 10.7. The minimum Gasteiger partial charge on any atom is -0.469 e. The van der Waals surface area contributed by atoms with Crippen LogP contribution in [0.5, 0.6) is 0 Å². The number of hydrogen-bond donors (Lipinski definition) is 1. The monoisotopic (exact) mass is 330 g/mol. The van der Waals surface area contributed by atoms with Gasteiger partial charge in [-0.3, -0.25) is 4.79 Å². The second-order valence-electron chi connectivity index (χ2n) is 8.38. The van der Waals surface area contributed by atoms with Crippen LogP contribution in [0, 0.1) is 16.7 Å². The van der Waals surface area contributed by atoms with Crippen LogP contribution in [0.3, 0.4) is 0 Å². The highest BCUT2D eigenvalue weighted by atomic mass is 16.6. The van der Waals surface area contributed by atoms with Gasteiger partial charge in [-0.2, -0.15) is 0 Å². The highest BCUT2D eigenvalue weighted by molar-refractivity contribution is 5.78. The van der Waals surface area contributed by atoms with Crippen molar-refractivity contribution in [2.75, 3.05) is 14.2 Å². The van der Waals surface area contributed by atoms with E-state index in [4.69, 9.17) is 9.47 Å². The molecule has 0 spiro atoms. The molecule has 4 bridgehead atoms. The van der Waals surface area contributed by atoms with Crippen molar-refractivity contribution in [1.29, 1.82) is 0 Å². The van der Waals surface area contributed by atoms with Gasteiger partial charge in [0.2, 0.25) is 0 Å². The van der Waals surface area contributed by atoms with Crippen molar-refractivity contribution >= 4 is 5.97 Å². The molecule has 1 aromatic rings. The van der Waals surface area contributed by atoms with Gasteiger partial charge >= 0.3 is 5.97 Å². The number of esters is 1. The molecule has 0 radical (unpaired) electrons. The molecular formula is C20H26O4. The van der Waals surface area contributed by atoms with Gasteiger partial charge in [0.05, 0.1) is 12.5 Å². The zero-order valence-electron chi connectivity index (χ0n) is 14.5. The van der Waals surface area contributed by atoms with Crippen molar-refractivity contribution < 1.29 is 19.4 Å². The maximum atomic E-state index is 12.7. The Bertz CT molecular complexity index is 644. The SMILES string of the molecule is COC(=O)C12CC3CC(c4ccccc4)(C1)CC(C(O)OC)(C3)C2. The Balaban J connectivity index is 1.84. The Morgan fingerprint density at radius 1 is 1.12 bits per heavy atom. The smallest absolute Gasteiger partial charge is 0.311 e. The maximum absolute atomic E-state index is 12.7. The quantitative estimate of drug-likeness (QED) is 0.681. The van der Waals surface area contributed by atoms with Crippen LogP contribution >= 0.6 is 0 Å². The molecule has 4 fully saturated rings. The van der Waals surface area contributed by atoms with Gasteiger partial charge in [-0.1, -0.05) is 30.3 Å². The van der Waals surface area contributed by atoms with Crippen molar-refractivity contribution in [1.82, 2.24) is 0 Å². The molecule has 0 aromatic heterocycles. The van der Waals surface area contributed by atoms with Gasteiger partial charge in [0, 0.05) is 12.5 Å². The van der Waals surface area contributed by atoms with Crippen LogP contribution in [0.15, 0.2) is 30.3 Å². The number of ether oxygens (including phenoxy) is 2. The summed E-state index contributed by atoms with van der Waals surface area (Å²) in [4.78, 5) is 12.7. The van der Waals surface area contributed by atoms with Crippen molar-refractivity contribution in [3.63, 3.8) is 0 Å². The van der Waals surface area contributed by atoms with E-state index < -0.39 is 11.7 Å². The zero-order valence-corrected chi connectivity index (χ0v) is 14.5. The summed E-state index contributed by atoms with van der Waals surface area (Å²) in [5.74, 6) is 0.324. The fourth-order valence-corrected chi connectivity index (χ4v) is 6.60. The highest BCUT2D eigenvalue weighted by Crippen LogP contribution is 2.71. The van der Waals surface area contributed by atoms with Gasteiger partial charge in [0.15, 0.2) is 6.29 Å². The number of carbonyl (C=O) groups excluding carboxylic acids is 1. The van der Waals surface area contributed by atoms with Crippen LogP contribution in [0.4, 0.5) is 0 Å². The lowest BCUT2D eigenvalue weighted by molar-refractivity contribution is -0.244. The summed E-state index contributed by atoms with van der Waals surface area (Å²) in [5.41, 5.74) is 0.394. The highest BCUT2D eigenvalue weighted by Gasteiger charge is 2.68. The molecule has 5 atom stereocenters. The van der Waals surface area contributed by atoms with Crippen molar-refractivity contribution in [3.8, 4) is 0 Å². The summed E-state index contributed by atoms with van der Waals surface area (Å²) in [6, 6.07) is 10.5. The average molecular weight is 330 g/mol. The molecule has 130 valence electrons. The standard InChI is InChI=1S/C20H26O4/c1-23-16(21)19-9-14-8-18(11-19,15-6-4-3-5-7-15)12-20(10-14,13-19)17(22)24-2/h3-7,14,16,21H,8-13H2,1-2H3. The lowest BCUT2D eigenvalue weighted by Gasteiger charge is -2.66. The summed E-state index contributed by atoms with van der Waals surface area (Å²) in [6.07, 6.45) is 4.47. The first-order valence-corrected chi connectivity index (χ1v) is 8.82. The molecule has 0 heterocycles. The van der Waals surface area contributed by atoms with Gasteiger partial charge in [-0.05, 0) is 55.4 Å². The Hall–Kier alpha value is -1.39. The predicted molar refractivity (Wildman–Crippen MR) is 89.2 cm³/mol. The van der Waals surface area contributed by atoms with Gasteiger partial charge in [-0.25, -0.2) is 0 Å². The molecule has 4 heteroatoms. The normalized spacial score (nSPS) is 41.2. The van der Waals surface area contributed by atoms with E-state index in [1.54, 1.807) is 7.11 Å². The third-order valence-electron chi connectivity index (χ3n) is 6.86. The van der Waals surface area contributed by atoms with Crippen LogP contribution in [0.1, 0.15) is 44.1 Å². The van der Waals surface area contributed by atoms with E-state index in [-0.39, 0.29) is 16.8 Å². The van der Waals surface area contributed by atoms with Crippen molar-refractivity contribution in [2.45, 2.75) is 50.2 Å². The summed E-state index contributed by atoms with van der Waals surface area (Å²) >= 11 is 0. The van der Waals surface area contributed by atoms with Gasteiger partial charge in [0.1, 0.15) is 0 Å². The molecular weight excluding hydrogens is 304 g/mol. The van der Waals surface area contributed by atoms with Gasteiger partial charge in [-0.15, -0.1) is 0 Å². The Labute approximate surface area is 143 Å². The molecule has 5 rings (SSSR count). The van der Waals surface area contributed by atoms with Crippen LogP contribution in [0.25, 0.3) is 0 Å². The predicted octanol–water partition coefficient (Wildman–Crippen LogP) is 3.03. The fourth-order valence-electron chi connectivity index (χ4n) is 6.60. The Morgan fingerprint density at radius 2 is 1.88 bits per heavy atom. The third-order valence-corrected chi connectivity index (χ3v) is 6.86. The topological polar surface area (TPSA) is 55.8 Å². The van der Waals surface area contributed by atoms with Gasteiger partial charge in [0.25, 0.3) is 0 Å². The molecule has 0 aliphatic heterocycles. The number of aliphatic hydroxyl groups excluding tert-OH is 1. The molecule has 4 saturated carbocycles. The number of benzene rings is 1. The summed E-state index contributed by atoms with van der Waals surface area (Å²) < 4.78 is 10.6. The number of hydrogen-bond acceptors (Lipinski definition) is 4. The number of aliphatic hydroxyl groups is 1. The van der Waals surface area contributed by atoms with Crippen LogP contribution in [0.2, 0.25) is 0 Å². The minimum atomic E-state index is -0.826. The van der Waals surface area contributed by atoms with Crippen molar-refractivity contribution in [2.24, 2.45) is 16.7 Å². The molecule has 0 saturated heterocycles. The molecule has 4 nitrogen and oxygen atoms in total. The van der Waals surface area contributed by atoms with E-state index in [1.807, 2.05) is 6.07 Å². The molecule has 4 aliphatic carbocycles.